The molecule has 1 aliphatic heterocycles. The third kappa shape index (κ3) is 3.66. The van der Waals surface area contributed by atoms with Crippen molar-refractivity contribution >= 4 is 22.8 Å². The maximum Gasteiger partial charge on any atom is 0.377 e. The van der Waals surface area contributed by atoms with Crippen LogP contribution in [0.1, 0.15) is 42.7 Å². The largest absolute Gasteiger partial charge is 0.504 e. The lowest BCUT2D eigenvalue weighted by molar-refractivity contribution is 0.0563. The topological polar surface area (TPSA) is 97.1 Å². The number of carbonyl (C=O) groups is 1. The Bertz CT molecular complexity index is 838. The van der Waals surface area contributed by atoms with Gasteiger partial charge in [0.15, 0.2) is 11.3 Å². The highest BCUT2D eigenvalue weighted by Crippen LogP contribution is 2.34. The van der Waals surface area contributed by atoms with E-state index in [-0.39, 0.29) is 11.5 Å². The van der Waals surface area contributed by atoms with E-state index in [4.69, 9.17) is 9.15 Å². The van der Waals surface area contributed by atoms with Crippen molar-refractivity contribution < 1.29 is 23.8 Å². The molecule has 0 amide bonds. The molecule has 0 aromatic carbocycles. The molecule has 1 saturated carbocycles. The molecule has 2 aromatic rings. The molecule has 2 aliphatic rings. The van der Waals surface area contributed by atoms with Crippen molar-refractivity contribution in [3.05, 3.63) is 18.0 Å². The molecule has 8 heteroatoms. The van der Waals surface area contributed by atoms with Crippen molar-refractivity contribution in [3.8, 4) is 5.75 Å². The van der Waals surface area contributed by atoms with E-state index in [1.165, 1.54) is 13.3 Å². The van der Waals surface area contributed by atoms with Crippen molar-refractivity contribution in [1.29, 1.82) is 0 Å². The number of rotatable bonds is 5. The molecule has 4 rings (SSSR count). The Morgan fingerprint density at radius 3 is 2.75 bits per heavy atom. The average molecular weight is 389 g/mol. The summed E-state index contributed by atoms with van der Waals surface area (Å²) < 4.78 is 15.5. The Labute approximate surface area is 163 Å². The summed E-state index contributed by atoms with van der Waals surface area (Å²) in [4.78, 5) is 18.5. The van der Waals surface area contributed by atoms with Crippen LogP contribution in [0.2, 0.25) is 0 Å². The summed E-state index contributed by atoms with van der Waals surface area (Å²) in [5.41, 5.74) is 0.354. The lowest BCUT2D eigenvalue weighted by Gasteiger charge is -2.37. The van der Waals surface area contributed by atoms with Crippen LogP contribution in [0.15, 0.2) is 16.7 Å². The molecule has 8 nitrogen and oxygen atoms in total. The normalized spacial score (nSPS) is 25.3. The molecule has 152 valence electrons. The van der Waals surface area contributed by atoms with E-state index in [2.05, 4.69) is 27.0 Å². The van der Waals surface area contributed by atoms with E-state index in [1.807, 2.05) is 0 Å². The molecule has 0 radical (unpaired) electrons. The summed E-state index contributed by atoms with van der Waals surface area (Å²) in [6.45, 7) is 1.72. The van der Waals surface area contributed by atoms with Crippen LogP contribution in [0, 0.1) is 0 Å². The quantitative estimate of drug-likeness (QED) is 0.754. The third-order valence-electron chi connectivity index (χ3n) is 6.03. The van der Waals surface area contributed by atoms with Gasteiger partial charge in [-0.05, 0) is 45.2 Å². The number of nitrogens with zero attached hydrogens (tertiary/aromatic N) is 2. The highest BCUT2D eigenvalue weighted by atomic mass is 16.5. The van der Waals surface area contributed by atoms with E-state index >= 15 is 0 Å². The lowest BCUT2D eigenvalue weighted by atomic mass is 9.89. The van der Waals surface area contributed by atoms with Crippen LogP contribution < -0.4 is 5.32 Å². The third-order valence-corrected chi connectivity index (χ3v) is 6.03. The number of esters is 1. The number of hydrogen-bond donors (Lipinski definition) is 2. The maximum absolute atomic E-state index is 11.7. The number of aromatic hydroxyl groups is 1. The Hall–Kier alpha value is -2.32. The van der Waals surface area contributed by atoms with Crippen LogP contribution in [0.5, 0.6) is 5.75 Å². The fraction of sp³-hybridized carbons (Fsp3) is 0.600. The van der Waals surface area contributed by atoms with Crippen molar-refractivity contribution in [3.63, 3.8) is 0 Å². The Morgan fingerprint density at radius 1 is 1.29 bits per heavy atom. The molecule has 1 saturated heterocycles. The smallest absolute Gasteiger partial charge is 0.377 e. The lowest BCUT2D eigenvalue weighted by Crippen LogP contribution is -2.44. The standard InChI is InChI=1S/C20H27N3O5/c1-23(14-7-8-27-11-14)13-5-3-12(4-6-13)22-17-9-15-16(10-21-17)28-19(18(15)24)20(25)26-2/h9-10,12-14,24H,3-8,11H2,1-2H3,(H,21,22)/t12?,13?,14-/m0/s1. The van der Waals surface area contributed by atoms with Gasteiger partial charge in [-0.1, -0.05) is 0 Å². The summed E-state index contributed by atoms with van der Waals surface area (Å²) in [5, 5.41) is 14.2. The van der Waals surface area contributed by atoms with Crippen LogP contribution >= 0.6 is 0 Å². The van der Waals surface area contributed by atoms with Gasteiger partial charge in [0.1, 0.15) is 5.82 Å². The number of methoxy groups -OCH3 is 1. The van der Waals surface area contributed by atoms with Gasteiger partial charge in [0.2, 0.25) is 0 Å². The number of pyridine rings is 1. The average Bonchev–Trinajstić information content (AvgIpc) is 3.36. The molecular weight excluding hydrogens is 362 g/mol. The molecule has 0 spiro atoms. The predicted molar refractivity (Wildman–Crippen MR) is 104 cm³/mol. The van der Waals surface area contributed by atoms with Crippen LogP contribution in [0.4, 0.5) is 5.82 Å². The molecule has 2 fully saturated rings. The SMILES string of the molecule is COC(=O)c1oc2cnc(NC3CCC(N(C)[C@H]4CCOC4)CC3)cc2c1O. The molecule has 2 aromatic heterocycles. The molecule has 3 heterocycles. The summed E-state index contributed by atoms with van der Waals surface area (Å²) in [6, 6.07) is 3.20. The summed E-state index contributed by atoms with van der Waals surface area (Å²) in [6.07, 6.45) is 7.04. The minimum atomic E-state index is -0.710. The first-order valence-electron chi connectivity index (χ1n) is 9.83. The number of furan rings is 1. The second-order valence-electron chi connectivity index (χ2n) is 7.67. The summed E-state index contributed by atoms with van der Waals surface area (Å²) >= 11 is 0. The monoisotopic (exact) mass is 389 g/mol. The second kappa shape index (κ2) is 7.97. The fourth-order valence-electron chi connectivity index (χ4n) is 4.28. The first-order valence-corrected chi connectivity index (χ1v) is 9.83. The number of anilines is 1. The van der Waals surface area contributed by atoms with E-state index in [0.717, 1.165) is 45.3 Å². The van der Waals surface area contributed by atoms with Crippen LogP contribution in [0.25, 0.3) is 11.0 Å². The molecule has 2 N–H and O–H groups in total. The van der Waals surface area contributed by atoms with Gasteiger partial charge >= 0.3 is 5.97 Å². The van der Waals surface area contributed by atoms with Gasteiger partial charge in [-0.3, -0.25) is 4.90 Å². The summed E-state index contributed by atoms with van der Waals surface area (Å²) in [7, 11) is 3.46. The van der Waals surface area contributed by atoms with E-state index in [1.54, 1.807) is 6.07 Å². The molecular formula is C20H27N3O5. The maximum atomic E-state index is 11.7. The minimum absolute atomic E-state index is 0.198. The van der Waals surface area contributed by atoms with Crippen molar-refractivity contribution in [2.45, 2.75) is 50.2 Å². The number of hydrogen-bond acceptors (Lipinski definition) is 8. The zero-order valence-corrected chi connectivity index (χ0v) is 16.3. The zero-order chi connectivity index (χ0) is 19.7. The number of fused-ring (bicyclic) bond motifs is 1. The molecule has 1 atom stereocenters. The fourth-order valence-corrected chi connectivity index (χ4v) is 4.28. The van der Waals surface area contributed by atoms with Crippen LogP contribution in [-0.2, 0) is 9.47 Å². The number of carbonyl (C=O) groups excluding carboxylic acids is 1. The van der Waals surface area contributed by atoms with Crippen LogP contribution in [0.3, 0.4) is 0 Å². The first kappa shape index (κ1) is 19.0. The number of ether oxygens (including phenoxy) is 2. The van der Waals surface area contributed by atoms with Crippen molar-refractivity contribution in [2.75, 3.05) is 32.7 Å². The van der Waals surface area contributed by atoms with E-state index in [9.17, 15) is 9.90 Å². The Balaban J connectivity index is 1.39. The molecule has 0 bridgehead atoms. The molecule has 1 aliphatic carbocycles. The zero-order valence-electron chi connectivity index (χ0n) is 16.3. The van der Waals surface area contributed by atoms with Gasteiger partial charge in [0, 0.05) is 24.7 Å². The Morgan fingerprint density at radius 2 is 2.07 bits per heavy atom. The first-order chi connectivity index (χ1) is 13.6. The van der Waals surface area contributed by atoms with E-state index < -0.39 is 5.97 Å². The van der Waals surface area contributed by atoms with Gasteiger partial charge in [0.05, 0.1) is 25.3 Å². The molecule has 0 unspecified atom stereocenters. The predicted octanol–water partition coefficient (Wildman–Crippen LogP) is 2.76. The van der Waals surface area contributed by atoms with Crippen LogP contribution in [-0.4, -0.2) is 66.5 Å². The Kier molecular flexibility index (Phi) is 5.41. The summed E-state index contributed by atoms with van der Waals surface area (Å²) in [5.74, 6) is -0.452. The number of likely N-dealkylation sites (N-methyl/N-ethyl adjacent to an activating group) is 1. The van der Waals surface area contributed by atoms with Gasteiger partial charge < -0.3 is 24.3 Å². The molecule has 28 heavy (non-hydrogen) atoms. The van der Waals surface area contributed by atoms with E-state index in [0.29, 0.717) is 34.9 Å². The van der Waals surface area contributed by atoms with Crippen molar-refractivity contribution in [2.24, 2.45) is 0 Å². The number of nitrogens with one attached hydrogen (secondary N) is 1. The van der Waals surface area contributed by atoms with Gasteiger partial charge in [-0.25, -0.2) is 9.78 Å². The number of aromatic nitrogens is 1. The minimum Gasteiger partial charge on any atom is -0.504 e. The highest BCUT2D eigenvalue weighted by molar-refractivity contribution is 5.98. The van der Waals surface area contributed by atoms with Gasteiger partial charge in [-0.15, -0.1) is 0 Å². The van der Waals surface area contributed by atoms with Gasteiger partial charge in [-0.2, -0.15) is 0 Å². The van der Waals surface area contributed by atoms with Gasteiger partial charge in [0.25, 0.3) is 5.76 Å². The highest BCUT2D eigenvalue weighted by Gasteiger charge is 2.30. The second-order valence-corrected chi connectivity index (χ2v) is 7.67. The van der Waals surface area contributed by atoms with Crippen molar-refractivity contribution in [1.82, 2.24) is 9.88 Å².